The molecule has 0 spiro atoms. The van der Waals surface area contributed by atoms with E-state index in [1.165, 1.54) is 18.1 Å². The van der Waals surface area contributed by atoms with Crippen molar-refractivity contribution in [2.75, 3.05) is 0 Å². The Kier molecular flexibility index (Phi) is 2.02. The number of thioether (sulfide) groups is 1. The lowest BCUT2D eigenvalue weighted by Gasteiger charge is -2.25. The van der Waals surface area contributed by atoms with Crippen LogP contribution in [0, 0.1) is 0 Å². The summed E-state index contributed by atoms with van der Waals surface area (Å²) in [6, 6.07) is 7.18. The van der Waals surface area contributed by atoms with Crippen molar-refractivity contribution in [3.05, 3.63) is 42.5 Å². The van der Waals surface area contributed by atoms with Gasteiger partial charge in [0.15, 0.2) is 11.0 Å². The Morgan fingerprint density at radius 3 is 2.90 bits per heavy atom. The van der Waals surface area contributed by atoms with E-state index in [9.17, 15) is 8.42 Å². The van der Waals surface area contributed by atoms with E-state index >= 15 is 0 Å². The van der Waals surface area contributed by atoms with Gasteiger partial charge in [-0.2, -0.15) is 0 Å². The highest BCUT2D eigenvalue weighted by Crippen LogP contribution is 2.57. The normalized spacial score (nSPS) is 24.8. The largest absolute Gasteiger partial charge is 0.307 e. The average Bonchev–Trinajstić information content (AvgIpc) is 3.01. The molecule has 4 heterocycles. The van der Waals surface area contributed by atoms with Crippen LogP contribution in [-0.4, -0.2) is 27.9 Å². The fourth-order valence-electron chi connectivity index (χ4n) is 3.09. The summed E-state index contributed by atoms with van der Waals surface area (Å²) in [5, 5.41) is -0.0694. The van der Waals surface area contributed by atoms with Gasteiger partial charge in [-0.25, -0.2) is 23.4 Å². The summed E-state index contributed by atoms with van der Waals surface area (Å²) >= 11 is 1.48. The standard InChI is InChI=1S/C13H8N4O2S2/c18-21(19)8-4-2-1-3-7(8)10-13(21)17-6-16-11-9(17)12(20-10)15-5-14-11/h1-6,10,13H/t10-,13-/m1/s1. The minimum Gasteiger partial charge on any atom is -0.307 e. The van der Waals surface area contributed by atoms with Crippen LogP contribution in [0.25, 0.3) is 11.2 Å². The van der Waals surface area contributed by atoms with E-state index in [4.69, 9.17) is 0 Å². The van der Waals surface area contributed by atoms with Gasteiger partial charge in [-0.15, -0.1) is 0 Å². The van der Waals surface area contributed by atoms with Crippen LogP contribution in [-0.2, 0) is 9.84 Å². The zero-order chi connectivity index (χ0) is 14.2. The number of nitrogens with zero attached hydrogens (tertiary/aromatic N) is 4. The SMILES string of the molecule is O=S1(=O)c2ccccc2[C@H]2Sc3ncnc4ncn(c34)[C@@H]21. The second kappa shape index (κ2) is 3.63. The fourth-order valence-corrected chi connectivity index (χ4v) is 6.99. The summed E-state index contributed by atoms with van der Waals surface area (Å²) in [4.78, 5) is 13.0. The first-order chi connectivity index (χ1) is 10.2. The van der Waals surface area contributed by atoms with Crippen molar-refractivity contribution < 1.29 is 8.42 Å². The van der Waals surface area contributed by atoms with Crippen molar-refractivity contribution in [3.8, 4) is 0 Å². The van der Waals surface area contributed by atoms with Gasteiger partial charge in [-0.3, -0.25) is 0 Å². The van der Waals surface area contributed by atoms with Crippen LogP contribution < -0.4 is 0 Å². The van der Waals surface area contributed by atoms with Crippen molar-refractivity contribution in [1.82, 2.24) is 19.5 Å². The topological polar surface area (TPSA) is 77.7 Å². The number of fused-ring (bicyclic) bond motifs is 4. The van der Waals surface area contributed by atoms with E-state index in [1.807, 2.05) is 12.1 Å². The summed E-state index contributed by atoms with van der Waals surface area (Å²) in [7, 11) is -3.42. The van der Waals surface area contributed by atoms with E-state index < -0.39 is 15.2 Å². The van der Waals surface area contributed by atoms with Gasteiger partial charge in [0.25, 0.3) is 0 Å². The first-order valence-electron chi connectivity index (χ1n) is 6.35. The molecule has 5 rings (SSSR count). The summed E-state index contributed by atoms with van der Waals surface area (Å²) < 4.78 is 27.4. The first kappa shape index (κ1) is 11.7. The van der Waals surface area contributed by atoms with Gasteiger partial charge >= 0.3 is 0 Å². The maximum atomic E-state index is 12.9. The van der Waals surface area contributed by atoms with Crippen LogP contribution in [0.2, 0.25) is 0 Å². The summed E-state index contributed by atoms with van der Waals surface area (Å²) in [5.74, 6) is 0. The van der Waals surface area contributed by atoms with E-state index in [2.05, 4.69) is 15.0 Å². The molecular weight excluding hydrogens is 308 g/mol. The molecule has 0 saturated carbocycles. The average molecular weight is 316 g/mol. The lowest BCUT2D eigenvalue weighted by Crippen LogP contribution is -2.21. The number of hydrogen-bond donors (Lipinski definition) is 0. The van der Waals surface area contributed by atoms with Crippen molar-refractivity contribution in [1.29, 1.82) is 0 Å². The Labute approximate surface area is 124 Å². The van der Waals surface area contributed by atoms with Crippen LogP contribution in [0.15, 0.2) is 46.8 Å². The summed E-state index contributed by atoms with van der Waals surface area (Å²) in [5.41, 5.74) is 2.09. The fraction of sp³-hybridized carbons (Fsp3) is 0.154. The van der Waals surface area contributed by atoms with Crippen molar-refractivity contribution >= 4 is 32.8 Å². The van der Waals surface area contributed by atoms with Gasteiger partial charge in [0, 0.05) is 0 Å². The van der Waals surface area contributed by atoms with Crippen LogP contribution in [0.1, 0.15) is 16.2 Å². The summed E-state index contributed by atoms with van der Waals surface area (Å²) in [6.07, 6.45) is 3.03. The molecule has 0 saturated heterocycles. The molecule has 2 aliphatic heterocycles. The Morgan fingerprint density at radius 1 is 1.14 bits per heavy atom. The molecular formula is C13H8N4O2S2. The molecule has 0 aliphatic carbocycles. The molecule has 0 unspecified atom stereocenters. The molecule has 6 nitrogen and oxygen atoms in total. The third kappa shape index (κ3) is 1.29. The van der Waals surface area contributed by atoms with E-state index in [1.54, 1.807) is 23.0 Å². The quantitative estimate of drug-likeness (QED) is 0.590. The highest BCUT2D eigenvalue weighted by molar-refractivity contribution is 8.01. The second-order valence-electron chi connectivity index (χ2n) is 5.01. The van der Waals surface area contributed by atoms with Crippen LogP contribution >= 0.6 is 11.8 Å². The molecule has 0 amide bonds. The van der Waals surface area contributed by atoms with Crippen LogP contribution in [0.4, 0.5) is 0 Å². The van der Waals surface area contributed by atoms with Gasteiger partial charge in [0.1, 0.15) is 16.9 Å². The Balaban J connectivity index is 1.90. The molecule has 104 valence electrons. The number of imidazole rings is 1. The minimum absolute atomic E-state index is 0.189. The Morgan fingerprint density at radius 2 is 2.00 bits per heavy atom. The predicted molar refractivity (Wildman–Crippen MR) is 76.6 cm³/mol. The number of rotatable bonds is 0. The van der Waals surface area contributed by atoms with Gasteiger partial charge in [0.2, 0.25) is 9.84 Å². The number of benzene rings is 1. The maximum Gasteiger partial charge on any atom is 0.201 e. The van der Waals surface area contributed by atoms with E-state index in [0.29, 0.717) is 16.1 Å². The molecule has 0 radical (unpaired) electrons. The van der Waals surface area contributed by atoms with Gasteiger partial charge in [0.05, 0.1) is 16.5 Å². The smallest absolute Gasteiger partial charge is 0.201 e. The van der Waals surface area contributed by atoms with E-state index in [-0.39, 0.29) is 5.25 Å². The highest BCUT2D eigenvalue weighted by atomic mass is 32.2. The predicted octanol–water partition coefficient (Wildman–Crippen LogP) is 1.96. The second-order valence-corrected chi connectivity index (χ2v) is 8.16. The zero-order valence-corrected chi connectivity index (χ0v) is 12.2. The number of sulfone groups is 1. The molecule has 21 heavy (non-hydrogen) atoms. The van der Waals surface area contributed by atoms with Crippen molar-refractivity contribution in [2.24, 2.45) is 0 Å². The lowest BCUT2D eigenvalue weighted by molar-refractivity contribution is 0.556. The van der Waals surface area contributed by atoms with Crippen molar-refractivity contribution in [3.63, 3.8) is 0 Å². The van der Waals surface area contributed by atoms with Crippen LogP contribution in [0.5, 0.6) is 0 Å². The Bertz CT molecular complexity index is 1010. The first-order valence-corrected chi connectivity index (χ1v) is 8.77. The molecule has 8 heteroatoms. The van der Waals surface area contributed by atoms with Gasteiger partial charge < -0.3 is 4.57 Å². The highest BCUT2D eigenvalue weighted by Gasteiger charge is 2.49. The monoisotopic (exact) mass is 316 g/mol. The Hall–Kier alpha value is -1.93. The molecule has 2 aliphatic rings. The molecule has 2 atom stereocenters. The lowest BCUT2D eigenvalue weighted by atomic mass is 10.1. The van der Waals surface area contributed by atoms with E-state index in [0.717, 1.165) is 10.6 Å². The molecule has 3 aromatic rings. The van der Waals surface area contributed by atoms with Crippen molar-refractivity contribution in [2.45, 2.75) is 20.5 Å². The van der Waals surface area contributed by atoms with Gasteiger partial charge in [-0.05, 0) is 11.6 Å². The number of hydrogen-bond acceptors (Lipinski definition) is 6. The zero-order valence-electron chi connectivity index (χ0n) is 10.5. The third-order valence-corrected chi connectivity index (χ3v) is 7.53. The third-order valence-electron chi connectivity index (χ3n) is 3.95. The minimum atomic E-state index is -3.42. The maximum absolute atomic E-state index is 12.9. The van der Waals surface area contributed by atoms with Crippen LogP contribution in [0.3, 0.4) is 0 Å². The molecule has 0 bridgehead atoms. The molecule has 0 N–H and O–H groups in total. The molecule has 2 aromatic heterocycles. The summed E-state index contributed by atoms with van der Waals surface area (Å²) in [6.45, 7) is 0. The van der Waals surface area contributed by atoms with Gasteiger partial charge in [-0.1, -0.05) is 30.0 Å². The number of aromatic nitrogens is 4. The molecule has 0 fully saturated rings. The molecule has 1 aromatic carbocycles.